The van der Waals surface area contributed by atoms with E-state index in [1.165, 1.54) is 19.6 Å². The van der Waals surface area contributed by atoms with E-state index in [0.717, 1.165) is 11.0 Å². The van der Waals surface area contributed by atoms with E-state index in [-0.39, 0.29) is 6.54 Å². The first-order valence-electron chi connectivity index (χ1n) is 6.96. The summed E-state index contributed by atoms with van der Waals surface area (Å²) in [6.07, 6.45) is 1.54. The van der Waals surface area contributed by atoms with E-state index in [1.807, 2.05) is 24.3 Å². The van der Waals surface area contributed by atoms with Crippen molar-refractivity contribution in [3.05, 3.63) is 30.6 Å². The number of imidazole rings is 1. The number of fused-ring (bicyclic) bond motifs is 1. The molecule has 5 nitrogen and oxygen atoms in total. The van der Waals surface area contributed by atoms with Gasteiger partial charge >= 0.3 is 5.97 Å². The summed E-state index contributed by atoms with van der Waals surface area (Å²) in [6, 6.07) is 7.45. The van der Waals surface area contributed by atoms with Gasteiger partial charge in [0, 0.05) is 0 Å². The Hall–Kier alpha value is -1.88. The summed E-state index contributed by atoms with van der Waals surface area (Å²) in [6.45, 7) is 10.1. The quantitative estimate of drug-likeness (QED) is 0.912. The molecule has 0 saturated heterocycles. The molecule has 1 N–H and O–H groups in total. The van der Waals surface area contributed by atoms with Gasteiger partial charge < -0.3 is 14.6 Å². The molecular formula is C15H23N3O2. The largest absolute Gasteiger partial charge is 0.480 e. The first-order valence-corrected chi connectivity index (χ1v) is 6.96. The monoisotopic (exact) mass is 277 g/mol. The highest BCUT2D eigenvalue weighted by Gasteiger charge is 2.03. The van der Waals surface area contributed by atoms with Crippen LogP contribution in [-0.2, 0) is 11.3 Å². The average Bonchev–Trinajstić information content (AvgIpc) is 2.84. The molecule has 20 heavy (non-hydrogen) atoms. The zero-order valence-electron chi connectivity index (χ0n) is 12.4. The van der Waals surface area contributed by atoms with Gasteiger partial charge in [0.25, 0.3) is 0 Å². The van der Waals surface area contributed by atoms with Gasteiger partial charge in [0.2, 0.25) is 0 Å². The number of carbonyl (C=O) groups is 1. The van der Waals surface area contributed by atoms with Gasteiger partial charge in [-0.15, -0.1) is 0 Å². The van der Waals surface area contributed by atoms with Crippen molar-refractivity contribution in [2.45, 2.75) is 27.3 Å². The third-order valence-electron chi connectivity index (χ3n) is 3.17. The maximum atomic E-state index is 10.5. The van der Waals surface area contributed by atoms with Crippen LogP contribution in [0.2, 0.25) is 0 Å². The summed E-state index contributed by atoms with van der Waals surface area (Å²) in [5.74, 6) is -0.858. The summed E-state index contributed by atoms with van der Waals surface area (Å²) in [5, 5.41) is 8.60. The smallest absolute Gasteiger partial charge is 0.323 e. The number of carboxylic acids is 1. The molecule has 5 heteroatoms. The SMILES string of the molecule is CCN(CC)CC.O=C(O)Cn1cnc2ccccc21. The van der Waals surface area contributed by atoms with Crippen LogP contribution in [0.1, 0.15) is 20.8 Å². The normalized spacial score (nSPS) is 10.4. The fourth-order valence-corrected chi connectivity index (χ4v) is 1.95. The lowest BCUT2D eigenvalue weighted by molar-refractivity contribution is -0.137. The molecule has 0 aliphatic rings. The molecule has 2 rings (SSSR count). The van der Waals surface area contributed by atoms with E-state index in [2.05, 4.69) is 30.7 Å². The Morgan fingerprint density at radius 1 is 1.20 bits per heavy atom. The standard InChI is InChI=1S/C9H8N2O2.C6H15N/c12-9(13)5-11-6-10-7-3-1-2-4-8(7)11;1-4-7(5-2)6-3/h1-4,6H,5H2,(H,12,13);4-6H2,1-3H3. The Morgan fingerprint density at radius 3 is 2.30 bits per heavy atom. The highest BCUT2D eigenvalue weighted by Crippen LogP contribution is 2.10. The molecule has 0 radical (unpaired) electrons. The van der Waals surface area contributed by atoms with Gasteiger partial charge in [-0.1, -0.05) is 32.9 Å². The Balaban J connectivity index is 0.000000246. The van der Waals surface area contributed by atoms with Crippen LogP contribution >= 0.6 is 0 Å². The predicted octanol–water partition coefficient (Wildman–Crippen LogP) is 2.47. The summed E-state index contributed by atoms with van der Waals surface area (Å²) in [7, 11) is 0. The van der Waals surface area contributed by atoms with E-state index in [4.69, 9.17) is 5.11 Å². The molecule has 110 valence electrons. The number of carboxylic acid groups (broad SMARTS) is 1. The van der Waals surface area contributed by atoms with E-state index < -0.39 is 5.97 Å². The molecule has 0 saturated carbocycles. The molecule has 1 aromatic heterocycles. The fraction of sp³-hybridized carbons (Fsp3) is 0.467. The first-order chi connectivity index (χ1) is 9.62. The van der Waals surface area contributed by atoms with Crippen molar-refractivity contribution in [1.82, 2.24) is 14.5 Å². The zero-order chi connectivity index (χ0) is 15.0. The van der Waals surface area contributed by atoms with Gasteiger partial charge in [-0.05, 0) is 31.8 Å². The number of rotatable bonds is 5. The van der Waals surface area contributed by atoms with Crippen molar-refractivity contribution in [2.24, 2.45) is 0 Å². The molecule has 1 aromatic carbocycles. The number of nitrogens with zero attached hydrogens (tertiary/aromatic N) is 3. The van der Waals surface area contributed by atoms with Crippen molar-refractivity contribution >= 4 is 17.0 Å². The lowest BCUT2D eigenvalue weighted by atomic mass is 10.3. The molecule has 0 aliphatic heterocycles. The molecule has 0 fully saturated rings. The second-order valence-corrected chi connectivity index (χ2v) is 4.37. The van der Waals surface area contributed by atoms with E-state index in [1.54, 1.807) is 10.9 Å². The number of benzene rings is 1. The van der Waals surface area contributed by atoms with Gasteiger partial charge in [-0.3, -0.25) is 4.79 Å². The van der Waals surface area contributed by atoms with E-state index in [9.17, 15) is 4.79 Å². The van der Waals surface area contributed by atoms with Gasteiger partial charge in [0.15, 0.2) is 0 Å². The summed E-state index contributed by atoms with van der Waals surface area (Å²) >= 11 is 0. The maximum absolute atomic E-state index is 10.5. The molecular weight excluding hydrogens is 254 g/mol. The molecule has 2 aromatic rings. The minimum Gasteiger partial charge on any atom is -0.480 e. The molecule has 0 atom stereocenters. The minimum absolute atomic E-state index is 0.0412. The van der Waals surface area contributed by atoms with Crippen LogP contribution in [0.4, 0.5) is 0 Å². The average molecular weight is 277 g/mol. The van der Waals surface area contributed by atoms with Crippen molar-refractivity contribution in [1.29, 1.82) is 0 Å². The maximum Gasteiger partial charge on any atom is 0.323 e. The summed E-state index contributed by atoms with van der Waals surface area (Å²) < 4.78 is 1.61. The topological polar surface area (TPSA) is 58.4 Å². The van der Waals surface area contributed by atoms with Gasteiger partial charge in [-0.25, -0.2) is 4.98 Å². The minimum atomic E-state index is -0.858. The second-order valence-electron chi connectivity index (χ2n) is 4.37. The second kappa shape index (κ2) is 8.32. The van der Waals surface area contributed by atoms with Crippen LogP contribution in [0.3, 0.4) is 0 Å². The highest BCUT2D eigenvalue weighted by molar-refractivity contribution is 5.77. The Kier molecular flexibility index (Phi) is 6.73. The van der Waals surface area contributed by atoms with Gasteiger partial charge in [0.05, 0.1) is 17.4 Å². The van der Waals surface area contributed by atoms with Gasteiger partial charge in [0.1, 0.15) is 6.54 Å². The van der Waals surface area contributed by atoms with Crippen LogP contribution < -0.4 is 0 Å². The third-order valence-corrected chi connectivity index (χ3v) is 3.17. The molecule has 1 heterocycles. The molecule has 0 spiro atoms. The first kappa shape index (κ1) is 16.2. The molecule has 0 amide bonds. The Labute approximate surface area is 119 Å². The predicted molar refractivity (Wildman–Crippen MR) is 80.8 cm³/mol. The summed E-state index contributed by atoms with van der Waals surface area (Å²) in [5.41, 5.74) is 1.67. The van der Waals surface area contributed by atoms with E-state index >= 15 is 0 Å². The lowest BCUT2D eigenvalue weighted by Crippen LogP contribution is -2.21. The van der Waals surface area contributed by atoms with Crippen molar-refractivity contribution in [3.63, 3.8) is 0 Å². The highest BCUT2D eigenvalue weighted by atomic mass is 16.4. The number of aromatic nitrogens is 2. The lowest BCUT2D eigenvalue weighted by Gasteiger charge is -2.13. The van der Waals surface area contributed by atoms with Crippen LogP contribution in [0.5, 0.6) is 0 Å². The number of hydrogen-bond acceptors (Lipinski definition) is 3. The molecule has 0 unspecified atom stereocenters. The molecule has 0 bridgehead atoms. The van der Waals surface area contributed by atoms with Crippen LogP contribution in [0.25, 0.3) is 11.0 Å². The fourth-order valence-electron chi connectivity index (χ4n) is 1.95. The van der Waals surface area contributed by atoms with Crippen molar-refractivity contribution in [2.75, 3.05) is 19.6 Å². The summed E-state index contributed by atoms with van der Waals surface area (Å²) in [4.78, 5) is 16.9. The van der Waals surface area contributed by atoms with E-state index in [0.29, 0.717) is 0 Å². The zero-order valence-corrected chi connectivity index (χ0v) is 12.4. The Bertz CT molecular complexity index is 527. The van der Waals surface area contributed by atoms with Crippen molar-refractivity contribution < 1.29 is 9.90 Å². The third kappa shape index (κ3) is 4.66. The molecule has 0 aliphatic carbocycles. The Morgan fingerprint density at radius 2 is 1.80 bits per heavy atom. The van der Waals surface area contributed by atoms with Crippen LogP contribution in [0.15, 0.2) is 30.6 Å². The van der Waals surface area contributed by atoms with Crippen LogP contribution in [-0.4, -0.2) is 45.2 Å². The number of hydrogen-bond donors (Lipinski definition) is 1. The van der Waals surface area contributed by atoms with Gasteiger partial charge in [-0.2, -0.15) is 0 Å². The van der Waals surface area contributed by atoms with Crippen LogP contribution in [0, 0.1) is 0 Å². The number of aliphatic carboxylic acids is 1. The number of para-hydroxylation sites is 2. The van der Waals surface area contributed by atoms with Crippen molar-refractivity contribution in [3.8, 4) is 0 Å².